The Hall–Kier alpha value is -2.70. The summed E-state index contributed by atoms with van der Waals surface area (Å²) < 4.78 is 5.97. The number of ketones is 2. The molecule has 0 amide bonds. The van der Waals surface area contributed by atoms with Crippen LogP contribution in [0.15, 0.2) is 12.4 Å². The molecule has 0 spiro atoms. The summed E-state index contributed by atoms with van der Waals surface area (Å²) in [6, 6.07) is 0. The van der Waals surface area contributed by atoms with Gasteiger partial charge in [-0.15, -0.1) is 0 Å². The fraction of sp³-hybridized carbons (Fsp3) is 0.684. The molecule has 0 aliphatic rings. The number of hydrogen-bond donors (Lipinski definition) is 3. The van der Waals surface area contributed by atoms with E-state index in [1.165, 1.54) is 33.2 Å². The van der Waals surface area contributed by atoms with Crippen LogP contribution in [0.5, 0.6) is 0 Å². The van der Waals surface area contributed by atoms with Crippen LogP contribution in [0.3, 0.4) is 0 Å². The first-order chi connectivity index (χ1) is 14.3. The number of imidazole rings is 1. The van der Waals surface area contributed by atoms with Gasteiger partial charge in [0.2, 0.25) is 0 Å². The molecule has 1 unspecified atom stereocenters. The number of hydrogen-bond acceptors (Lipinski definition) is 10. The number of aromatic nitrogens is 2. The van der Waals surface area contributed by atoms with E-state index in [4.69, 9.17) is 4.74 Å². The molecule has 174 valence electrons. The van der Waals surface area contributed by atoms with E-state index in [-0.39, 0.29) is 12.3 Å². The van der Waals surface area contributed by atoms with Crippen molar-refractivity contribution >= 4 is 23.5 Å². The van der Waals surface area contributed by atoms with Crippen molar-refractivity contribution in [1.82, 2.24) is 20.2 Å². The van der Waals surface area contributed by atoms with E-state index < -0.39 is 46.4 Å². The van der Waals surface area contributed by atoms with Crippen molar-refractivity contribution in [2.75, 3.05) is 19.7 Å². The average molecular weight is 441 g/mol. The molecule has 0 aliphatic carbocycles. The summed E-state index contributed by atoms with van der Waals surface area (Å²) in [5.41, 5.74) is -1.83. The summed E-state index contributed by atoms with van der Waals surface area (Å²) in [6.07, 6.45) is 1.89. The van der Waals surface area contributed by atoms with E-state index in [1.807, 2.05) is 0 Å². The number of esters is 1. The lowest BCUT2D eigenvalue weighted by atomic mass is 9.98. The molecule has 0 saturated carbocycles. The molecule has 12 nitrogen and oxygen atoms in total. The summed E-state index contributed by atoms with van der Waals surface area (Å²) >= 11 is 0. The van der Waals surface area contributed by atoms with Crippen LogP contribution in [0.1, 0.15) is 41.0 Å². The first kappa shape index (κ1) is 26.3. The summed E-state index contributed by atoms with van der Waals surface area (Å²) in [5, 5.41) is 26.9. The van der Waals surface area contributed by atoms with Crippen LogP contribution in [0, 0.1) is 10.1 Å². The summed E-state index contributed by atoms with van der Waals surface area (Å²) in [4.78, 5) is 49.6. The fourth-order valence-corrected chi connectivity index (χ4v) is 2.48. The Balaban J connectivity index is 2.43. The van der Waals surface area contributed by atoms with Gasteiger partial charge < -0.3 is 30.6 Å². The monoisotopic (exact) mass is 441 g/mol. The molecule has 12 heteroatoms. The normalized spacial score (nSPS) is 13.0. The van der Waals surface area contributed by atoms with Crippen molar-refractivity contribution in [3.8, 4) is 0 Å². The first-order valence-corrected chi connectivity index (χ1v) is 9.84. The van der Waals surface area contributed by atoms with Crippen molar-refractivity contribution < 1.29 is 29.2 Å². The highest BCUT2D eigenvalue weighted by Gasteiger charge is 2.34. The maximum absolute atomic E-state index is 12.4. The Kier molecular flexibility index (Phi) is 9.40. The first-order valence-electron chi connectivity index (χ1n) is 9.84. The quantitative estimate of drug-likeness (QED) is 0.117. The van der Waals surface area contributed by atoms with E-state index in [0.29, 0.717) is 19.5 Å². The predicted molar refractivity (Wildman–Crippen MR) is 110 cm³/mol. The molecule has 0 fully saturated rings. The molecule has 0 aromatic carbocycles. The number of carbonyl (C=O) groups is 3. The zero-order valence-corrected chi connectivity index (χ0v) is 18.5. The number of carbonyl (C=O) groups excluding carboxylic acids is 3. The highest BCUT2D eigenvalue weighted by atomic mass is 16.6. The van der Waals surface area contributed by atoms with Gasteiger partial charge in [0.25, 0.3) is 5.78 Å². The second kappa shape index (κ2) is 11.1. The molecule has 3 N–H and O–H groups in total. The van der Waals surface area contributed by atoms with Crippen molar-refractivity contribution in [2.45, 2.75) is 64.8 Å². The molecule has 1 heterocycles. The highest BCUT2D eigenvalue weighted by molar-refractivity contribution is 6.37. The molecule has 0 aliphatic heterocycles. The Morgan fingerprint density at radius 3 is 2.35 bits per heavy atom. The van der Waals surface area contributed by atoms with Gasteiger partial charge >= 0.3 is 11.9 Å². The molecule has 31 heavy (non-hydrogen) atoms. The fourth-order valence-electron chi connectivity index (χ4n) is 2.48. The minimum atomic E-state index is -1.25. The van der Waals surface area contributed by atoms with Gasteiger partial charge in [-0.1, -0.05) is 4.98 Å². The molecule has 0 saturated heterocycles. The van der Waals surface area contributed by atoms with Crippen LogP contribution in [0.4, 0.5) is 5.95 Å². The van der Waals surface area contributed by atoms with Gasteiger partial charge in [-0.05, 0) is 59.1 Å². The molecule has 1 rings (SSSR count). The van der Waals surface area contributed by atoms with E-state index in [0.717, 1.165) is 4.57 Å². The molecule has 0 radical (unpaired) electrons. The summed E-state index contributed by atoms with van der Waals surface area (Å²) in [5.74, 6) is -2.37. The second-order valence-electron chi connectivity index (χ2n) is 8.23. The third-order valence-electron chi connectivity index (χ3n) is 4.79. The van der Waals surface area contributed by atoms with Gasteiger partial charge in [0.1, 0.15) is 37.4 Å². The van der Waals surface area contributed by atoms with Gasteiger partial charge in [-0.25, -0.2) is 9.36 Å². The van der Waals surface area contributed by atoms with Crippen LogP contribution in [-0.2, 0) is 25.7 Å². The summed E-state index contributed by atoms with van der Waals surface area (Å²) in [6.45, 7) is 8.39. The van der Waals surface area contributed by atoms with Crippen LogP contribution < -0.4 is 10.6 Å². The average Bonchev–Trinajstić information content (AvgIpc) is 3.13. The number of Topliss-reactive ketones (excluding diaryl/α,β-unsaturated/α-hetero) is 2. The number of nitrogens with one attached hydrogen (secondary N) is 2. The number of nitrogens with zero attached hydrogens (tertiary/aromatic N) is 3. The molecule has 1 atom stereocenters. The number of ether oxygens (including phenoxy) is 1. The smallest absolute Gasteiger partial charge is 0.434 e. The van der Waals surface area contributed by atoms with Crippen LogP contribution in [0.25, 0.3) is 0 Å². The van der Waals surface area contributed by atoms with Crippen LogP contribution >= 0.6 is 0 Å². The Labute approximate surface area is 180 Å². The lowest BCUT2D eigenvalue weighted by Crippen LogP contribution is -2.52. The lowest BCUT2D eigenvalue weighted by Gasteiger charge is -2.25. The maximum Gasteiger partial charge on any atom is 0.434 e. The minimum Gasteiger partial charge on any atom is -0.457 e. The largest absolute Gasteiger partial charge is 0.457 e. The summed E-state index contributed by atoms with van der Waals surface area (Å²) in [7, 11) is 0. The Morgan fingerprint density at radius 2 is 1.81 bits per heavy atom. The van der Waals surface area contributed by atoms with Gasteiger partial charge in [-0.3, -0.25) is 9.59 Å². The standard InChI is InChI=1S/C19H31N5O7/c1-13(25)18(2,3)21-7-6-8-22-19(4,5)15(27)16(28)31-12-14(26)11-23-10-9-20-17(23)24(29)30/h9-10,14,21-22,26H,6-8,11-12H2,1-5H3. The third-order valence-corrected chi connectivity index (χ3v) is 4.79. The van der Waals surface area contributed by atoms with Crippen molar-refractivity contribution in [2.24, 2.45) is 0 Å². The van der Waals surface area contributed by atoms with E-state index in [1.54, 1.807) is 13.8 Å². The topological polar surface area (TPSA) is 166 Å². The van der Waals surface area contributed by atoms with Crippen LogP contribution in [0.2, 0.25) is 0 Å². The van der Waals surface area contributed by atoms with Gasteiger partial charge in [-0.2, -0.15) is 0 Å². The van der Waals surface area contributed by atoms with E-state index in [2.05, 4.69) is 15.6 Å². The zero-order chi connectivity index (χ0) is 23.8. The van der Waals surface area contributed by atoms with Gasteiger partial charge in [0.15, 0.2) is 0 Å². The number of rotatable bonds is 14. The molecule has 1 aromatic heterocycles. The second-order valence-corrected chi connectivity index (χ2v) is 8.23. The van der Waals surface area contributed by atoms with Crippen molar-refractivity contribution in [3.63, 3.8) is 0 Å². The Morgan fingerprint density at radius 1 is 1.23 bits per heavy atom. The van der Waals surface area contributed by atoms with Crippen LogP contribution in [-0.4, -0.2) is 74.0 Å². The van der Waals surface area contributed by atoms with E-state index in [9.17, 15) is 29.6 Å². The van der Waals surface area contributed by atoms with Gasteiger partial charge in [0.05, 0.1) is 11.1 Å². The molecular formula is C19H31N5O7. The number of aliphatic hydroxyl groups excluding tert-OH is 1. The van der Waals surface area contributed by atoms with E-state index >= 15 is 0 Å². The van der Waals surface area contributed by atoms with Gasteiger partial charge in [0, 0.05) is 0 Å². The highest BCUT2D eigenvalue weighted by Crippen LogP contribution is 2.10. The van der Waals surface area contributed by atoms with Crippen molar-refractivity contribution in [3.05, 3.63) is 22.5 Å². The molecule has 0 bridgehead atoms. The lowest BCUT2D eigenvalue weighted by molar-refractivity contribution is -0.397. The SMILES string of the molecule is CC(=O)C(C)(C)NCCCNC(C)(C)C(=O)C(=O)OCC(O)Cn1ccnc1[N+](=O)[O-]. The zero-order valence-electron chi connectivity index (χ0n) is 18.5. The minimum absolute atomic E-state index is 0.0172. The van der Waals surface area contributed by atoms with Crippen molar-refractivity contribution in [1.29, 1.82) is 0 Å². The number of nitro groups is 1. The predicted octanol–water partition coefficient (Wildman–Crippen LogP) is -0.0200. The molecule has 1 aromatic rings. The number of aliphatic hydroxyl groups is 1. The molecular weight excluding hydrogens is 410 g/mol. The maximum atomic E-state index is 12.4. The third kappa shape index (κ3) is 8.15. The Bertz CT molecular complexity index is 803.